The van der Waals surface area contributed by atoms with Gasteiger partial charge in [-0.3, -0.25) is 4.79 Å². The van der Waals surface area contributed by atoms with Gasteiger partial charge in [-0.1, -0.05) is 32.9 Å². The Kier molecular flexibility index (Phi) is 5.86. The molecule has 1 aromatic carbocycles. The Bertz CT molecular complexity index is 406. The van der Waals surface area contributed by atoms with E-state index >= 15 is 0 Å². The second kappa shape index (κ2) is 6.95. The van der Waals surface area contributed by atoms with Crippen LogP contribution in [0.3, 0.4) is 0 Å². The first kappa shape index (κ1) is 16.0. The number of carbonyl (C=O) groups is 1. The first-order chi connectivity index (χ1) is 8.84. The summed E-state index contributed by atoms with van der Waals surface area (Å²) in [6.45, 7) is 8.50. The highest BCUT2D eigenvalue weighted by molar-refractivity contribution is 6.17. The third-order valence-electron chi connectivity index (χ3n) is 3.16. The summed E-state index contributed by atoms with van der Waals surface area (Å²) in [5, 5.41) is 2.99. The van der Waals surface area contributed by atoms with E-state index in [2.05, 4.69) is 26.1 Å². The molecule has 2 nitrogen and oxygen atoms in total. The van der Waals surface area contributed by atoms with Crippen LogP contribution in [0.4, 0.5) is 0 Å². The normalized spacial score (nSPS) is 13.1. The highest BCUT2D eigenvalue weighted by atomic mass is 35.5. The lowest BCUT2D eigenvalue weighted by Gasteiger charge is -2.19. The monoisotopic (exact) mass is 281 g/mol. The molecule has 3 heteroatoms. The van der Waals surface area contributed by atoms with E-state index in [9.17, 15) is 4.79 Å². The molecular formula is C16H24ClNO. The lowest BCUT2D eigenvalue weighted by molar-refractivity contribution is 0.0938. The third kappa shape index (κ3) is 5.23. The molecule has 0 aliphatic heterocycles. The second-order valence-electron chi connectivity index (χ2n) is 6.03. The van der Waals surface area contributed by atoms with E-state index in [0.717, 1.165) is 12.8 Å². The van der Waals surface area contributed by atoms with Crippen LogP contribution in [0.1, 0.15) is 56.5 Å². The van der Waals surface area contributed by atoms with Crippen molar-refractivity contribution in [3.63, 3.8) is 0 Å². The van der Waals surface area contributed by atoms with Gasteiger partial charge in [0.05, 0.1) is 0 Å². The first-order valence-corrected chi connectivity index (χ1v) is 7.35. The molecule has 0 aliphatic carbocycles. The van der Waals surface area contributed by atoms with Crippen LogP contribution in [0.25, 0.3) is 0 Å². The first-order valence-electron chi connectivity index (χ1n) is 6.82. The highest BCUT2D eigenvalue weighted by Crippen LogP contribution is 2.22. The fourth-order valence-corrected chi connectivity index (χ4v) is 2.04. The summed E-state index contributed by atoms with van der Waals surface area (Å²) in [5.74, 6) is 0.628. The van der Waals surface area contributed by atoms with Gasteiger partial charge in [0.1, 0.15) is 0 Å². The van der Waals surface area contributed by atoms with Crippen LogP contribution in [0.5, 0.6) is 0 Å². The molecule has 0 spiro atoms. The van der Waals surface area contributed by atoms with Gasteiger partial charge < -0.3 is 5.32 Å². The summed E-state index contributed by atoms with van der Waals surface area (Å²) in [7, 11) is 0. The topological polar surface area (TPSA) is 29.1 Å². The molecule has 106 valence electrons. The number of benzene rings is 1. The summed E-state index contributed by atoms with van der Waals surface area (Å²) in [6.07, 6.45) is 1.83. The number of rotatable bonds is 5. The maximum Gasteiger partial charge on any atom is 0.251 e. The van der Waals surface area contributed by atoms with Gasteiger partial charge in [-0.2, -0.15) is 0 Å². The Morgan fingerprint density at radius 2 is 1.84 bits per heavy atom. The molecule has 0 radical (unpaired) electrons. The van der Waals surface area contributed by atoms with Gasteiger partial charge in [0, 0.05) is 17.5 Å². The molecule has 0 fully saturated rings. The van der Waals surface area contributed by atoms with Crippen molar-refractivity contribution in [2.24, 2.45) is 0 Å². The van der Waals surface area contributed by atoms with Gasteiger partial charge in [0.15, 0.2) is 0 Å². The van der Waals surface area contributed by atoms with Crippen LogP contribution in [0, 0.1) is 0 Å². The van der Waals surface area contributed by atoms with Crippen molar-refractivity contribution in [3.8, 4) is 0 Å². The molecular weight excluding hydrogens is 258 g/mol. The molecule has 0 aliphatic rings. The van der Waals surface area contributed by atoms with Gasteiger partial charge in [-0.15, -0.1) is 11.6 Å². The maximum absolute atomic E-state index is 12.0. The largest absolute Gasteiger partial charge is 0.350 e. The molecule has 1 rings (SSSR count). The molecule has 1 atom stereocenters. The van der Waals surface area contributed by atoms with Gasteiger partial charge in [-0.25, -0.2) is 0 Å². The summed E-state index contributed by atoms with van der Waals surface area (Å²) >= 11 is 5.65. The Morgan fingerprint density at radius 1 is 1.26 bits per heavy atom. The Hall–Kier alpha value is -1.02. The average molecular weight is 282 g/mol. The summed E-state index contributed by atoms with van der Waals surface area (Å²) < 4.78 is 0. The van der Waals surface area contributed by atoms with E-state index in [-0.39, 0.29) is 17.4 Å². The summed E-state index contributed by atoms with van der Waals surface area (Å²) in [5.41, 5.74) is 2.06. The van der Waals surface area contributed by atoms with Crippen LogP contribution in [-0.2, 0) is 5.41 Å². The van der Waals surface area contributed by atoms with Gasteiger partial charge in [0.25, 0.3) is 5.91 Å². The lowest BCUT2D eigenvalue weighted by atomic mass is 9.86. The molecule has 1 aromatic rings. The lowest BCUT2D eigenvalue weighted by Crippen LogP contribution is -2.32. The van der Waals surface area contributed by atoms with Crippen molar-refractivity contribution in [2.45, 2.75) is 52.0 Å². The fourth-order valence-electron chi connectivity index (χ4n) is 1.88. The molecule has 1 amide bonds. The van der Waals surface area contributed by atoms with Crippen molar-refractivity contribution in [3.05, 3.63) is 35.4 Å². The Balaban J connectivity index is 2.63. The van der Waals surface area contributed by atoms with Crippen LogP contribution in [0.2, 0.25) is 0 Å². The van der Waals surface area contributed by atoms with E-state index in [0.29, 0.717) is 11.4 Å². The van der Waals surface area contributed by atoms with E-state index in [1.165, 1.54) is 5.56 Å². The van der Waals surface area contributed by atoms with E-state index in [1.807, 2.05) is 31.2 Å². The molecule has 19 heavy (non-hydrogen) atoms. The quantitative estimate of drug-likeness (QED) is 0.808. The van der Waals surface area contributed by atoms with Crippen LogP contribution >= 0.6 is 11.6 Å². The van der Waals surface area contributed by atoms with Gasteiger partial charge in [-0.05, 0) is 42.9 Å². The number of hydrogen-bond acceptors (Lipinski definition) is 1. The number of hydrogen-bond donors (Lipinski definition) is 1. The van der Waals surface area contributed by atoms with Crippen LogP contribution < -0.4 is 5.32 Å². The second-order valence-corrected chi connectivity index (χ2v) is 6.41. The summed E-state index contributed by atoms with van der Waals surface area (Å²) in [6, 6.07) is 8.00. The van der Waals surface area contributed by atoms with Gasteiger partial charge in [0.2, 0.25) is 0 Å². The molecule has 1 unspecified atom stereocenters. The van der Waals surface area contributed by atoms with Crippen molar-refractivity contribution < 1.29 is 4.79 Å². The zero-order valence-electron chi connectivity index (χ0n) is 12.3. The SMILES string of the molecule is CC(CCCCl)NC(=O)c1ccc(C(C)(C)C)cc1. The predicted octanol–water partition coefficient (Wildman–Crippen LogP) is 4.12. The molecule has 0 aromatic heterocycles. The minimum atomic E-state index is -0.0115. The van der Waals surface area contributed by atoms with Crippen molar-refractivity contribution >= 4 is 17.5 Å². The molecule has 0 saturated heterocycles. The maximum atomic E-state index is 12.0. The number of carbonyl (C=O) groups excluding carboxylic acids is 1. The standard InChI is InChI=1S/C16H24ClNO/c1-12(6-5-11-17)18-15(19)13-7-9-14(10-8-13)16(2,3)4/h7-10,12H,5-6,11H2,1-4H3,(H,18,19). The van der Waals surface area contributed by atoms with Crippen molar-refractivity contribution in [1.82, 2.24) is 5.32 Å². The van der Waals surface area contributed by atoms with Crippen LogP contribution in [0.15, 0.2) is 24.3 Å². The minimum absolute atomic E-state index is 0.0115. The zero-order chi connectivity index (χ0) is 14.5. The van der Waals surface area contributed by atoms with Crippen LogP contribution in [-0.4, -0.2) is 17.8 Å². The van der Waals surface area contributed by atoms with Gasteiger partial charge >= 0.3 is 0 Å². The van der Waals surface area contributed by atoms with E-state index in [1.54, 1.807) is 0 Å². The number of halogens is 1. The average Bonchev–Trinajstić information content (AvgIpc) is 2.35. The van der Waals surface area contributed by atoms with Crippen molar-refractivity contribution in [1.29, 1.82) is 0 Å². The smallest absolute Gasteiger partial charge is 0.251 e. The number of alkyl halides is 1. The number of amides is 1. The third-order valence-corrected chi connectivity index (χ3v) is 3.43. The minimum Gasteiger partial charge on any atom is -0.350 e. The predicted molar refractivity (Wildman–Crippen MR) is 82.0 cm³/mol. The van der Waals surface area contributed by atoms with E-state index in [4.69, 9.17) is 11.6 Å². The Labute approximate surface area is 121 Å². The van der Waals surface area contributed by atoms with E-state index < -0.39 is 0 Å². The fraction of sp³-hybridized carbons (Fsp3) is 0.562. The zero-order valence-corrected chi connectivity index (χ0v) is 13.1. The summed E-state index contributed by atoms with van der Waals surface area (Å²) in [4.78, 5) is 12.0. The highest BCUT2D eigenvalue weighted by Gasteiger charge is 2.14. The van der Waals surface area contributed by atoms with Crippen molar-refractivity contribution in [2.75, 3.05) is 5.88 Å². The molecule has 0 heterocycles. The molecule has 0 saturated carbocycles. The molecule has 0 bridgehead atoms. The Morgan fingerprint density at radius 3 is 2.32 bits per heavy atom. The number of nitrogens with one attached hydrogen (secondary N) is 1. The molecule has 1 N–H and O–H groups in total.